The zero-order chi connectivity index (χ0) is 18.6. The molecule has 0 amide bonds. The molecule has 0 saturated carbocycles. The first-order valence-corrected chi connectivity index (χ1v) is 10.4. The number of nitrogens with zero attached hydrogens (tertiary/aromatic N) is 6. The molecule has 6 nitrogen and oxygen atoms in total. The zero-order valence-electron chi connectivity index (χ0n) is 16.7. The van der Waals surface area contributed by atoms with Crippen molar-refractivity contribution in [1.82, 2.24) is 24.4 Å². The molecule has 4 rings (SSSR count). The van der Waals surface area contributed by atoms with Crippen molar-refractivity contribution in [3.8, 4) is 0 Å². The molecule has 2 aliphatic rings. The Bertz CT molecular complexity index is 709. The highest BCUT2D eigenvalue weighted by molar-refractivity contribution is 5.30. The van der Waals surface area contributed by atoms with Crippen LogP contribution in [0.2, 0.25) is 0 Å². The molecule has 0 aromatic carbocycles. The van der Waals surface area contributed by atoms with Crippen LogP contribution in [0.5, 0.6) is 0 Å². The van der Waals surface area contributed by atoms with Crippen molar-refractivity contribution in [3.63, 3.8) is 0 Å². The lowest BCUT2D eigenvalue weighted by Crippen LogP contribution is -2.35. The first-order valence-electron chi connectivity index (χ1n) is 10.4. The van der Waals surface area contributed by atoms with Crippen LogP contribution in [-0.2, 0) is 13.1 Å². The second-order valence-electron chi connectivity index (χ2n) is 8.41. The van der Waals surface area contributed by atoms with Crippen LogP contribution < -0.4 is 4.90 Å². The van der Waals surface area contributed by atoms with Gasteiger partial charge in [0.1, 0.15) is 5.82 Å². The van der Waals surface area contributed by atoms with E-state index in [1.54, 1.807) is 0 Å². The third kappa shape index (κ3) is 4.67. The molecule has 0 N–H and O–H groups in total. The van der Waals surface area contributed by atoms with Crippen molar-refractivity contribution >= 4 is 5.95 Å². The molecule has 0 unspecified atom stereocenters. The fourth-order valence-electron chi connectivity index (χ4n) is 4.26. The molecule has 2 aromatic rings. The minimum absolute atomic E-state index is 0.759. The van der Waals surface area contributed by atoms with Crippen LogP contribution >= 0.6 is 0 Å². The second-order valence-corrected chi connectivity index (χ2v) is 8.41. The van der Waals surface area contributed by atoms with Crippen LogP contribution in [0.4, 0.5) is 5.95 Å². The summed E-state index contributed by atoms with van der Waals surface area (Å²) >= 11 is 0. The summed E-state index contributed by atoms with van der Waals surface area (Å²) in [6, 6.07) is 0. The van der Waals surface area contributed by atoms with Gasteiger partial charge in [-0.3, -0.25) is 4.90 Å². The maximum atomic E-state index is 4.65. The molecule has 2 fully saturated rings. The average Bonchev–Trinajstić information content (AvgIpc) is 3.09. The molecule has 0 radical (unpaired) electrons. The van der Waals surface area contributed by atoms with Crippen LogP contribution in [0, 0.1) is 18.8 Å². The van der Waals surface area contributed by atoms with Crippen molar-refractivity contribution in [3.05, 3.63) is 36.2 Å². The summed E-state index contributed by atoms with van der Waals surface area (Å²) in [6.45, 7) is 11.0. The molecule has 2 aromatic heterocycles. The van der Waals surface area contributed by atoms with Crippen molar-refractivity contribution in [2.75, 3.05) is 31.1 Å². The largest absolute Gasteiger partial charge is 0.341 e. The smallest absolute Gasteiger partial charge is 0.225 e. The number of rotatable bonds is 5. The van der Waals surface area contributed by atoms with Gasteiger partial charge in [0.15, 0.2) is 0 Å². The molecule has 0 atom stereocenters. The zero-order valence-corrected chi connectivity index (χ0v) is 16.7. The lowest BCUT2D eigenvalue weighted by molar-refractivity contribution is 0.166. The van der Waals surface area contributed by atoms with E-state index >= 15 is 0 Å². The van der Waals surface area contributed by atoms with Crippen LogP contribution in [0.1, 0.15) is 44.0 Å². The van der Waals surface area contributed by atoms with E-state index < -0.39 is 0 Å². The monoisotopic (exact) mass is 368 g/mol. The van der Waals surface area contributed by atoms with Gasteiger partial charge in [0.2, 0.25) is 5.95 Å². The number of hydrogen-bond acceptors (Lipinski definition) is 5. The average molecular weight is 369 g/mol. The summed E-state index contributed by atoms with van der Waals surface area (Å²) in [5.74, 6) is 3.62. The van der Waals surface area contributed by atoms with Crippen molar-refractivity contribution < 1.29 is 0 Å². The van der Waals surface area contributed by atoms with E-state index in [1.165, 1.54) is 31.2 Å². The Morgan fingerprint density at radius 3 is 2.30 bits per heavy atom. The first kappa shape index (κ1) is 18.4. The first-order chi connectivity index (χ1) is 13.2. The number of anilines is 1. The fraction of sp³-hybridized carbons (Fsp3) is 0.667. The molecule has 0 bridgehead atoms. The number of aromatic nitrogens is 4. The topological polar surface area (TPSA) is 50.1 Å². The highest BCUT2D eigenvalue weighted by Crippen LogP contribution is 2.22. The standard InChI is InChI=1S/C21H32N6/c1-17-3-10-26(11-4-17)21-23-13-20(14-24-21)15-25-8-5-19(6-9-25)16-27-12-7-22-18(27)2/h7,12-14,17,19H,3-6,8-11,15-16H2,1-2H3. The summed E-state index contributed by atoms with van der Waals surface area (Å²) in [6.07, 6.45) is 13.1. The summed E-state index contributed by atoms with van der Waals surface area (Å²) in [5.41, 5.74) is 1.23. The van der Waals surface area contributed by atoms with E-state index in [0.29, 0.717) is 0 Å². The number of piperidine rings is 2. The van der Waals surface area contributed by atoms with Gasteiger partial charge in [0.25, 0.3) is 0 Å². The van der Waals surface area contributed by atoms with E-state index in [0.717, 1.165) is 62.9 Å². The van der Waals surface area contributed by atoms with Crippen LogP contribution in [0.25, 0.3) is 0 Å². The SMILES string of the molecule is Cc1nccn1CC1CCN(Cc2cnc(N3CCC(C)CC3)nc2)CC1. The third-order valence-electron chi connectivity index (χ3n) is 6.25. The lowest BCUT2D eigenvalue weighted by Gasteiger charge is -2.32. The van der Waals surface area contributed by atoms with Gasteiger partial charge in [0.05, 0.1) is 0 Å². The lowest BCUT2D eigenvalue weighted by atomic mass is 9.96. The van der Waals surface area contributed by atoms with Crippen LogP contribution in [0.3, 0.4) is 0 Å². The number of imidazole rings is 1. The molecular formula is C21H32N6. The van der Waals surface area contributed by atoms with E-state index in [2.05, 4.69) is 49.4 Å². The van der Waals surface area contributed by atoms with Crippen molar-refractivity contribution in [2.45, 2.75) is 52.6 Å². The highest BCUT2D eigenvalue weighted by Gasteiger charge is 2.21. The summed E-state index contributed by atoms with van der Waals surface area (Å²) in [4.78, 5) is 18.5. The molecule has 146 valence electrons. The second kappa shape index (κ2) is 8.38. The van der Waals surface area contributed by atoms with Crippen molar-refractivity contribution in [2.24, 2.45) is 11.8 Å². The van der Waals surface area contributed by atoms with Gasteiger partial charge >= 0.3 is 0 Å². The van der Waals surface area contributed by atoms with Gasteiger partial charge in [-0.05, 0) is 57.5 Å². The molecule has 2 aliphatic heterocycles. The molecule has 0 aliphatic carbocycles. The number of hydrogen-bond donors (Lipinski definition) is 0. The van der Waals surface area contributed by atoms with Crippen LogP contribution in [-0.4, -0.2) is 50.6 Å². The Labute approximate surface area is 162 Å². The predicted octanol–water partition coefficient (Wildman–Crippen LogP) is 3.13. The molecule has 0 spiro atoms. The molecule has 27 heavy (non-hydrogen) atoms. The summed E-state index contributed by atoms with van der Waals surface area (Å²) in [7, 11) is 0. The van der Waals surface area contributed by atoms with Gasteiger partial charge in [-0.15, -0.1) is 0 Å². The Hall–Kier alpha value is -1.95. The maximum Gasteiger partial charge on any atom is 0.225 e. The Balaban J connectivity index is 1.25. The third-order valence-corrected chi connectivity index (χ3v) is 6.25. The number of likely N-dealkylation sites (tertiary alicyclic amines) is 1. The molecule has 4 heterocycles. The predicted molar refractivity (Wildman–Crippen MR) is 108 cm³/mol. The summed E-state index contributed by atoms with van der Waals surface area (Å²) < 4.78 is 2.29. The van der Waals surface area contributed by atoms with E-state index in [4.69, 9.17) is 0 Å². The minimum atomic E-state index is 0.759. The maximum absolute atomic E-state index is 4.65. The van der Waals surface area contributed by atoms with E-state index in [9.17, 15) is 0 Å². The van der Waals surface area contributed by atoms with E-state index in [1.807, 2.05) is 18.6 Å². The van der Waals surface area contributed by atoms with Crippen molar-refractivity contribution in [1.29, 1.82) is 0 Å². The number of aryl methyl sites for hydroxylation is 1. The fourth-order valence-corrected chi connectivity index (χ4v) is 4.26. The highest BCUT2D eigenvalue weighted by atomic mass is 15.2. The summed E-state index contributed by atoms with van der Waals surface area (Å²) in [5, 5.41) is 0. The van der Waals surface area contributed by atoms with Gasteiger partial charge < -0.3 is 9.47 Å². The van der Waals surface area contributed by atoms with E-state index in [-0.39, 0.29) is 0 Å². The Kier molecular flexibility index (Phi) is 5.72. The van der Waals surface area contributed by atoms with Gasteiger partial charge in [-0.1, -0.05) is 6.92 Å². The molecule has 2 saturated heterocycles. The minimum Gasteiger partial charge on any atom is -0.341 e. The van der Waals surface area contributed by atoms with Gasteiger partial charge in [-0.25, -0.2) is 15.0 Å². The quantitative estimate of drug-likeness (QED) is 0.811. The van der Waals surface area contributed by atoms with Crippen LogP contribution in [0.15, 0.2) is 24.8 Å². The molecular weight excluding hydrogens is 336 g/mol. The van der Waals surface area contributed by atoms with Gasteiger partial charge in [-0.2, -0.15) is 0 Å². The Morgan fingerprint density at radius 2 is 1.67 bits per heavy atom. The van der Waals surface area contributed by atoms with Gasteiger partial charge in [0, 0.05) is 56.5 Å². The normalized spacial score (nSPS) is 20.3. The molecule has 6 heteroatoms. The Morgan fingerprint density at radius 1 is 0.963 bits per heavy atom.